The first-order chi connectivity index (χ1) is 7.74. The molecule has 16 heavy (non-hydrogen) atoms. The van der Waals surface area contributed by atoms with E-state index in [1.54, 1.807) is 6.07 Å². The number of carbonyl (C=O) groups is 1. The fourth-order valence-corrected chi connectivity index (χ4v) is 1.76. The van der Waals surface area contributed by atoms with E-state index < -0.39 is 0 Å². The quantitative estimate of drug-likeness (QED) is 0.733. The number of hydrogen-bond donors (Lipinski definition) is 0. The topological polar surface area (TPSA) is 25.2 Å². The highest BCUT2D eigenvalue weighted by Crippen LogP contribution is 2.23. The lowest BCUT2D eigenvalue weighted by atomic mass is 10.2. The van der Waals surface area contributed by atoms with Crippen molar-refractivity contribution in [2.45, 2.75) is 0 Å². The van der Waals surface area contributed by atoms with Crippen molar-refractivity contribution in [2.75, 3.05) is 19.0 Å². The fourth-order valence-electron chi connectivity index (χ4n) is 1.76. The number of aromatic nitrogens is 1. The van der Waals surface area contributed by atoms with Crippen LogP contribution in [0.4, 0.5) is 5.69 Å². The minimum atomic E-state index is 0.661. The van der Waals surface area contributed by atoms with Gasteiger partial charge in [0.1, 0.15) is 0 Å². The van der Waals surface area contributed by atoms with Crippen LogP contribution >= 0.6 is 0 Å². The van der Waals surface area contributed by atoms with E-state index >= 15 is 0 Å². The second-order valence-electron chi connectivity index (χ2n) is 3.80. The molecule has 1 aromatic heterocycles. The van der Waals surface area contributed by atoms with Crippen molar-refractivity contribution in [3.05, 3.63) is 48.3 Å². The van der Waals surface area contributed by atoms with Gasteiger partial charge in [0, 0.05) is 20.3 Å². The molecule has 0 aliphatic heterocycles. The van der Waals surface area contributed by atoms with Gasteiger partial charge in [-0.1, -0.05) is 12.1 Å². The Morgan fingerprint density at radius 3 is 2.56 bits per heavy atom. The maximum atomic E-state index is 10.9. The zero-order valence-electron chi connectivity index (χ0n) is 9.42. The second-order valence-corrected chi connectivity index (χ2v) is 3.80. The molecular weight excluding hydrogens is 200 g/mol. The molecule has 0 bridgehead atoms. The highest BCUT2D eigenvalue weighted by molar-refractivity contribution is 5.75. The Morgan fingerprint density at radius 1 is 1.12 bits per heavy atom. The summed E-state index contributed by atoms with van der Waals surface area (Å²) in [6.45, 7) is 0. The lowest BCUT2D eigenvalue weighted by molar-refractivity contribution is 0.111. The van der Waals surface area contributed by atoms with Gasteiger partial charge in [0.2, 0.25) is 0 Å². The molecule has 3 nitrogen and oxygen atoms in total. The largest absolute Gasteiger partial charge is 0.376 e. The van der Waals surface area contributed by atoms with Crippen LogP contribution in [-0.2, 0) is 0 Å². The summed E-state index contributed by atoms with van der Waals surface area (Å²) in [5, 5.41) is 0. The smallest absolute Gasteiger partial charge is 0.166 e. The van der Waals surface area contributed by atoms with Crippen LogP contribution in [0.25, 0.3) is 5.69 Å². The van der Waals surface area contributed by atoms with Crippen LogP contribution in [0.5, 0.6) is 0 Å². The maximum absolute atomic E-state index is 10.9. The van der Waals surface area contributed by atoms with Gasteiger partial charge in [0.15, 0.2) is 6.29 Å². The van der Waals surface area contributed by atoms with E-state index in [-0.39, 0.29) is 0 Å². The van der Waals surface area contributed by atoms with Crippen molar-refractivity contribution in [3.8, 4) is 5.69 Å². The van der Waals surface area contributed by atoms with Crippen LogP contribution in [0.1, 0.15) is 10.5 Å². The van der Waals surface area contributed by atoms with Gasteiger partial charge in [-0.25, -0.2) is 0 Å². The zero-order chi connectivity index (χ0) is 11.5. The molecule has 0 atom stereocenters. The van der Waals surface area contributed by atoms with Gasteiger partial charge in [-0.3, -0.25) is 4.79 Å². The maximum Gasteiger partial charge on any atom is 0.166 e. The molecule has 1 heterocycles. The Hall–Kier alpha value is -2.03. The van der Waals surface area contributed by atoms with Gasteiger partial charge in [-0.2, -0.15) is 0 Å². The lowest BCUT2D eigenvalue weighted by Crippen LogP contribution is -2.12. The minimum Gasteiger partial charge on any atom is -0.376 e. The van der Waals surface area contributed by atoms with Crippen molar-refractivity contribution in [1.82, 2.24) is 4.57 Å². The Labute approximate surface area is 94.9 Å². The third kappa shape index (κ3) is 1.72. The van der Waals surface area contributed by atoms with Gasteiger partial charge in [0.25, 0.3) is 0 Å². The average molecular weight is 214 g/mol. The van der Waals surface area contributed by atoms with E-state index in [0.717, 1.165) is 17.7 Å². The molecule has 2 rings (SSSR count). The molecule has 0 amide bonds. The summed E-state index contributed by atoms with van der Waals surface area (Å²) in [5.74, 6) is 0. The number of nitrogens with zero attached hydrogens (tertiary/aromatic N) is 2. The molecular formula is C13H14N2O. The molecule has 1 aromatic carbocycles. The van der Waals surface area contributed by atoms with Crippen LogP contribution in [0.3, 0.4) is 0 Å². The highest BCUT2D eigenvalue weighted by Gasteiger charge is 2.07. The van der Waals surface area contributed by atoms with Crippen molar-refractivity contribution in [1.29, 1.82) is 0 Å². The zero-order valence-corrected chi connectivity index (χ0v) is 9.42. The predicted octanol–water partition coefficient (Wildman–Crippen LogP) is 2.36. The van der Waals surface area contributed by atoms with E-state index in [9.17, 15) is 4.79 Å². The molecule has 0 spiro atoms. The molecule has 0 saturated carbocycles. The number of hydrogen-bond acceptors (Lipinski definition) is 2. The molecule has 0 aliphatic carbocycles. The molecule has 0 N–H and O–H groups in total. The van der Waals surface area contributed by atoms with Crippen molar-refractivity contribution >= 4 is 12.0 Å². The van der Waals surface area contributed by atoms with Crippen LogP contribution in [0.15, 0.2) is 42.6 Å². The van der Waals surface area contributed by atoms with Crippen molar-refractivity contribution in [3.63, 3.8) is 0 Å². The summed E-state index contributed by atoms with van der Waals surface area (Å²) in [5.41, 5.74) is 2.76. The van der Waals surface area contributed by atoms with Gasteiger partial charge in [0.05, 0.1) is 17.1 Å². The van der Waals surface area contributed by atoms with E-state index in [1.807, 2.05) is 60.1 Å². The van der Waals surface area contributed by atoms with Gasteiger partial charge >= 0.3 is 0 Å². The third-order valence-corrected chi connectivity index (χ3v) is 2.52. The summed E-state index contributed by atoms with van der Waals surface area (Å²) >= 11 is 0. The summed E-state index contributed by atoms with van der Waals surface area (Å²) in [4.78, 5) is 12.9. The molecule has 0 radical (unpaired) electrons. The standard InChI is InChI=1S/C13H14N2O/c1-14(2)12-7-3-4-8-13(12)15-9-5-6-11(15)10-16/h3-10H,1-2H3. The number of aldehydes is 1. The van der Waals surface area contributed by atoms with E-state index in [4.69, 9.17) is 0 Å². The molecule has 0 saturated heterocycles. The van der Waals surface area contributed by atoms with Gasteiger partial charge < -0.3 is 9.47 Å². The first kappa shape index (κ1) is 10.5. The van der Waals surface area contributed by atoms with Crippen LogP contribution < -0.4 is 4.90 Å². The number of anilines is 1. The lowest BCUT2D eigenvalue weighted by Gasteiger charge is -2.18. The molecule has 0 aliphatic rings. The average Bonchev–Trinajstić information content (AvgIpc) is 2.76. The summed E-state index contributed by atoms with van der Waals surface area (Å²) < 4.78 is 1.89. The van der Waals surface area contributed by atoms with Crippen LogP contribution in [0.2, 0.25) is 0 Å². The number of carbonyl (C=O) groups excluding carboxylic acids is 1. The number of benzene rings is 1. The monoisotopic (exact) mass is 214 g/mol. The summed E-state index contributed by atoms with van der Waals surface area (Å²) in [6.07, 6.45) is 2.76. The van der Waals surface area contributed by atoms with Crippen LogP contribution in [0, 0.1) is 0 Å². The first-order valence-electron chi connectivity index (χ1n) is 5.13. The molecule has 0 fully saturated rings. The number of para-hydroxylation sites is 2. The molecule has 3 heteroatoms. The molecule has 0 unspecified atom stereocenters. The predicted molar refractivity (Wildman–Crippen MR) is 65.5 cm³/mol. The van der Waals surface area contributed by atoms with E-state index in [0.29, 0.717) is 5.69 Å². The summed E-state index contributed by atoms with van der Waals surface area (Å²) in [6, 6.07) is 11.7. The Morgan fingerprint density at radius 2 is 1.88 bits per heavy atom. The summed E-state index contributed by atoms with van der Waals surface area (Å²) in [7, 11) is 3.98. The number of rotatable bonds is 3. The van der Waals surface area contributed by atoms with Crippen molar-refractivity contribution < 1.29 is 4.79 Å². The normalized spacial score (nSPS) is 10.1. The molecule has 82 valence electrons. The third-order valence-electron chi connectivity index (χ3n) is 2.52. The van der Waals surface area contributed by atoms with Crippen LogP contribution in [-0.4, -0.2) is 24.9 Å². The van der Waals surface area contributed by atoms with Gasteiger partial charge in [-0.15, -0.1) is 0 Å². The second kappa shape index (κ2) is 4.23. The first-order valence-corrected chi connectivity index (χ1v) is 5.13. The Kier molecular flexibility index (Phi) is 2.77. The Balaban J connectivity index is 2.59. The minimum absolute atomic E-state index is 0.661. The van der Waals surface area contributed by atoms with Crippen molar-refractivity contribution in [2.24, 2.45) is 0 Å². The Bertz CT molecular complexity index is 500. The van der Waals surface area contributed by atoms with E-state index in [2.05, 4.69) is 0 Å². The molecule has 2 aromatic rings. The highest BCUT2D eigenvalue weighted by atomic mass is 16.1. The van der Waals surface area contributed by atoms with Gasteiger partial charge in [-0.05, 0) is 24.3 Å². The van der Waals surface area contributed by atoms with E-state index in [1.165, 1.54) is 0 Å². The fraction of sp³-hybridized carbons (Fsp3) is 0.154. The SMILES string of the molecule is CN(C)c1ccccc1-n1cccc1C=O.